The molecule has 1 atom stereocenters. The Bertz CT molecular complexity index is 584. The topological polar surface area (TPSA) is 0 Å². The number of rotatable bonds is 5. The largest absolute Gasteiger partial charge is 0.207 e. The molecule has 0 fully saturated rings. The maximum atomic E-state index is 13.2. The summed E-state index contributed by atoms with van der Waals surface area (Å²) in [4.78, 5) is 0. The van der Waals surface area contributed by atoms with Crippen LogP contribution in [0.3, 0.4) is 0 Å². The van der Waals surface area contributed by atoms with Crippen molar-refractivity contribution >= 4 is 31.9 Å². The molecule has 4 heteroatoms. The summed E-state index contributed by atoms with van der Waals surface area (Å²) < 4.78 is 27.1. The van der Waals surface area contributed by atoms with Gasteiger partial charge in [-0.05, 0) is 54.2 Å². The van der Waals surface area contributed by atoms with E-state index < -0.39 is 0 Å². The summed E-state index contributed by atoms with van der Waals surface area (Å²) in [7, 11) is 0. The average Bonchev–Trinajstić information content (AvgIpc) is 2.41. The van der Waals surface area contributed by atoms with E-state index in [4.69, 9.17) is 0 Å². The fourth-order valence-electron chi connectivity index (χ4n) is 2.18. The summed E-state index contributed by atoms with van der Waals surface area (Å²) in [6.07, 6.45) is 1.59. The second kappa shape index (κ2) is 7.32. The molecule has 2 rings (SSSR count). The van der Waals surface area contributed by atoms with Crippen molar-refractivity contribution in [3.05, 3.63) is 69.7 Å². The van der Waals surface area contributed by atoms with E-state index in [1.807, 2.05) is 6.07 Å². The zero-order valence-corrected chi connectivity index (χ0v) is 13.9. The number of alkyl halides is 1. The van der Waals surface area contributed by atoms with Gasteiger partial charge in [0.25, 0.3) is 0 Å². The van der Waals surface area contributed by atoms with Crippen LogP contribution in [-0.2, 0) is 12.8 Å². The SMILES string of the molecule is Fc1cccc(CC(CBr)Cc2ccc(F)cc2Br)c1. The Balaban J connectivity index is 2.09. The van der Waals surface area contributed by atoms with Gasteiger partial charge in [-0.15, -0.1) is 0 Å². The van der Waals surface area contributed by atoms with E-state index in [1.54, 1.807) is 18.2 Å². The molecule has 0 saturated carbocycles. The molecule has 20 heavy (non-hydrogen) atoms. The van der Waals surface area contributed by atoms with Crippen LogP contribution in [-0.4, -0.2) is 5.33 Å². The van der Waals surface area contributed by atoms with Gasteiger partial charge in [-0.3, -0.25) is 0 Å². The maximum Gasteiger partial charge on any atom is 0.124 e. The average molecular weight is 404 g/mol. The van der Waals surface area contributed by atoms with Crippen LogP contribution in [0, 0.1) is 17.6 Å². The fraction of sp³-hybridized carbons (Fsp3) is 0.250. The molecule has 0 saturated heterocycles. The van der Waals surface area contributed by atoms with Crippen molar-refractivity contribution in [2.24, 2.45) is 5.92 Å². The third-order valence-corrected chi connectivity index (χ3v) is 4.81. The first kappa shape index (κ1) is 15.6. The molecule has 0 aromatic heterocycles. The molecular formula is C16H14Br2F2. The second-order valence-electron chi connectivity index (χ2n) is 4.79. The minimum Gasteiger partial charge on any atom is -0.207 e. The first-order chi connectivity index (χ1) is 9.58. The highest BCUT2D eigenvalue weighted by Crippen LogP contribution is 2.24. The van der Waals surface area contributed by atoms with Crippen LogP contribution in [0.2, 0.25) is 0 Å². The lowest BCUT2D eigenvalue weighted by Crippen LogP contribution is -2.10. The molecule has 0 N–H and O–H groups in total. The molecule has 0 aliphatic carbocycles. The van der Waals surface area contributed by atoms with Crippen molar-refractivity contribution in [3.8, 4) is 0 Å². The van der Waals surface area contributed by atoms with Gasteiger partial charge in [0.1, 0.15) is 11.6 Å². The lowest BCUT2D eigenvalue weighted by atomic mass is 9.94. The van der Waals surface area contributed by atoms with Gasteiger partial charge in [0.2, 0.25) is 0 Å². The lowest BCUT2D eigenvalue weighted by Gasteiger charge is -2.15. The van der Waals surface area contributed by atoms with Crippen molar-refractivity contribution in [2.45, 2.75) is 12.8 Å². The maximum absolute atomic E-state index is 13.2. The standard InChI is InChI=1S/C16H14Br2F2/c17-10-12(6-11-2-1-3-14(19)8-11)7-13-4-5-15(20)9-16(13)18/h1-5,8-9,12H,6-7,10H2. The van der Waals surface area contributed by atoms with Crippen molar-refractivity contribution < 1.29 is 8.78 Å². The summed E-state index contributed by atoms with van der Waals surface area (Å²) in [5, 5.41) is 0.813. The van der Waals surface area contributed by atoms with Crippen LogP contribution in [0.5, 0.6) is 0 Å². The van der Waals surface area contributed by atoms with Gasteiger partial charge >= 0.3 is 0 Å². The van der Waals surface area contributed by atoms with Crippen LogP contribution in [0.15, 0.2) is 46.9 Å². The number of hydrogen-bond acceptors (Lipinski definition) is 0. The normalized spacial score (nSPS) is 12.4. The van der Waals surface area contributed by atoms with Crippen LogP contribution in [0.1, 0.15) is 11.1 Å². The van der Waals surface area contributed by atoms with Crippen molar-refractivity contribution in [2.75, 3.05) is 5.33 Å². The molecule has 0 aliphatic rings. The molecule has 2 aromatic carbocycles. The van der Waals surface area contributed by atoms with Gasteiger partial charge < -0.3 is 0 Å². The summed E-state index contributed by atoms with van der Waals surface area (Å²) in [5.74, 6) is -0.126. The van der Waals surface area contributed by atoms with Crippen LogP contribution >= 0.6 is 31.9 Å². The van der Waals surface area contributed by atoms with E-state index in [2.05, 4.69) is 31.9 Å². The minimum absolute atomic E-state index is 0.209. The Morgan fingerprint density at radius 1 is 0.950 bits per heavy atom. The highest BCUT2D eigenvalue weighted by Gasteiger charge is 2.12. The number of hydrogen-bond donors (Lipinski definition) is 0. The van der Waals surface area contributed by atoms with Crippen LogP contribution in [0.4, 0.5) is 8.78 Å². The van der Waals surface area contributed by atoms with Crippen LogP contribution in [0.25, 0.3) is 0 Å². The van der Waals surface area contributed by atoms with Gasteiger partial charge in [0, 0.05) is 9.80 Å². The van der Waals surface area contributed by atoms with E-state index in [9.17, 15) is 8.78 Å². The van der Waals surface area contributed by atoms with Gasteiger partial charge in [-0.25, -0.2) is 8.78 Å². The van der Waals surface area contributed by atoms with Gasteiger partial charge in [-0.2, -0.15) is 0 Å². The molecular weight excluding hydrogens is 390 g/mol. The zero-order chi connectivity index (χ0) is 14.5. The first-order valence-electron chi connectivity index (χ1n) is 6.33. The predicted molar refractivity (Wildman–Crippen MR) is 85.2 cm³/mol. The number of halogens is 4. The van der Waals surface area contributed by atoms with E-state index in [0.717, 1.165) is 33.8 Å². The third kappa shape index (κ3) is 4.38. The predicted octanol–water partition coefficient (Wildman–Crippen LogP) is 5.52. The van der Waals surface area contributed by atoms with Crippen molar-refractivity contribution in [1.82, 2.24) is 0 Å². The highest BCUT2D eigenvalue weighted by molar-refractivity contribution is 9.10. The zero-order valence-electron chi connectivity index (χ0n) is 10.8. The highest BCUT2D eigenvalue weighted by atomic mass is 79.9. The molecule has 0 aliphatic heterocycles. The lowest BCUT2D eigenvalue weighted by molar-refractivity contribution is 0.578. The van der Waals surface area contributed by atoms with Crippen LogP contribution < -0.4 is 0 Å². The Labute approximate surface area is 134 Å². The first-order valence-corrected chi connectivity index (χ1v) is 8.24. The smallest absolute Gasteiger partial charge is 0.124 e. The Kier molecular flexibility index (Phi) is 5.73. The molecule has 0 bridgehead atoms. The van der Waals surface area contributed by atoms with E-state index in [0.29, 0.717) is 5.92 Å². The molecule has 0 spiro atoms. The molecule has 1 unspecified atom stereocenters. The quantitative estimate of drug-likeness (QED) is 0.576. The monoisotopic (exact) mass is 402 g/mol. The van der Waals surface area contributed by atoms with E-state index in [-0.39, 0.29) is 11.6 Å². The van der Waals surface area contributed by atoms with E-state index in [1.165, 1.54) is 18.2 Å². The summed E-state index contributed by atoms with van der Waals surface area (Å²) in [6.45, 7) is 0. The summed E-state index contributed by atoms with van der Waals surface area (Å²) in [5.41, 5.74) is 2.04. The van der Waals surface area contributed by atoms with Gasteiger partial charge in [-0.1, -0.05) is 50.1 Å². The van der Waals surface area contributed by atoms with Gasteiger partial charge in [0.05, 0.1) is 0 Å². The van der Waals surface area contributed by atoms with Gasteiger partial charge in [0.15, 0.2) is 0 Å². The Morgan fingerprint density at radius 3 is 2.35 bits per heavy atom. The molecule has 2 aromatic rings. The Morgan fingerprint density at radius 2 is 1.70 bits per heavy atom. The fourth-order valence-corrected chi connectivity index (χ4v) is 3.15. The third-order valence-electron chi connectivity index (χ3n) is 3.16. The van der Waals surface area contributed by atoms with Crippen molar-refractivity contribution in [1.29, 1.82) is 0 Å². The molecule has 0 amide bonds. The minimum atomic E-state index is -0.249. The molecule has 106 valence electrons. The number of benzene rings is 2. The van der Waals surface area contributed by atoms with Crippen molar-refractivity contribution in [3.63, 3.8) is 0 Å². The summed E-state index contributed by atoms with van der Waals surface area (Å²) in [6, 6.07) is 11.4. The summed E-state index contributed by atoms with van der Waals surface area (Å²) >= 11 is 6.89. The molecule has 0 nitrogen and oxygen atoms in total. The Hall–Kier alpha value is -0.740. The molecule has 0 radical (unpaired) electrons. The molecule has 0 heterocycles. The van der Waals surface area contributed by atoms with E-state index >= 15 is 0 Å². The second-order valence-corrected chi connectivity index (χ2v) is 6.30.